The van der Waals surface area contributed by atoms with E-state index in [0.717, 1.165) is 57.3 Å². The van der Waals surface area contributed by atoms with Crippen LogP contribution in [0.4, 0.5) is 0 Å². The second-order valence-corrected chi connectivity index (χ2v) is 8.04. The van der Waals surface area contributed by atoms with Crippen LogP contribution >= 0.6 is 0 Å². The van der Waals surface area contributed by atoms with Crippen LogP contribution in [0.1, 0.15) is 25.3 Å². The monoisotopic (exact) mass is 416 g/mol. The van der Waals surface area contributed by atoms with Gasteiger partial charge in [-0.1, -0.05) is 6.07 Å². The molecule has 0 bridgehead atoms. The molecule has 1 aromatic heterocycles. The standard InChI is InChI=1S/C23H36N4O3/c1-4-28-23-16-20(7-8-22(23)30-15-13-26-10-9-24-19-26)17-27(12-11-25(2)3)18-21-6-5-14-29-21/h7-10,16,19,21H,4-6,11-15,17-18H2,1-3H3. The molecule has 0 aliphatic carbocycles. The van der Waals surface area contributed by atoms with E-state index in [1.165, 1.54) is 12.0 Å². The lowest BCUT2D eigenvalue weighted by atomic mass is 10.1. The largest absolute Gasteiger partial charge is 0.490 e. The van der Waals surface area contributed by atoms with Gasteiger partial charge in [-0.2, -0.15) is 0 Å². The lowest BCUT2D eigenvalue weighted by Gasteiger charge is -2.27. The van der Waals surface area contributed by atoms with E-state index in [0.29, 0.717) is 19.3 Å². The molecule has 0 spiro atoms. The number of imidazole rings is 1. The summed E-state index contributed by atoms with van der Waals surface area (Å²) >= 11 is 0. The maximum Gasteiger partial charge on any atom is 0.161 e. The fourth-order valence-corrected chi connectivity index (χ4v) is 3.63. The van der Waals surface area contributed by atoms with E-state index in [1.54, 1.807) is 12.5 Å². The third kappa shape index (κ3) is 7.31. The van der Waals surface area contributed by atoms with Gasteiger partial charge in [-0.3, -0.25) is 4.90 Å². The fourth-order valence-electron chi connectivity index (χ4n) is 3.63. The Morgan fingerprint density at radius 3 is 2.80 bits per heavy atom. The van der Waals surface area contributed by atoms with Crippen molar-refractivity contribution in [2.45, 2.75) is 39.0 Å². The van der Waals surface area contributed by atoms with E-state index in [1.807, 2.05) is 23.8 Å². The summed E-state index contributed by atoms with van der Waals surface area (Å²) in [5, 5.41) is 0. The first-order valence-corrected chi connectivity index (χ1v) is 11.0. The summed E-state index contributed by atoms with van der Waals surface area (Å²) in [7, 11) is 4.24. The molecule has 1 saturated heterocycles. The summed E-state index contributed by atoms with van der Waals surface area (Å²) < 4.78 is 19.8. The molecular weight excluding hydrogens is 380 g/mol. The van der Waals surface area contributed by atoms with Crippen LogP contribution in [0.2, 0.25) is 0 Å². The third-order valence-electron chi connectivity index (χ3n) is 5.23. The number of benzene rings is 1. The zero-order valence-electron chi connectivity index (χ0n) is 18.6. The minimum atomic E-state index is 0.351. The van der Waals surface area contributed by atoms with E-state index in [9.17, 15) is 0 Å². The normalized spacial score (nSPS) is 16.5. The first-order chi connectivity index (χ1) is 14.6. The molecule has 0 radical (unpaired) electrons. The van der Waals surface area contributed by atoms with Crippen molar-refractivity contribution in [2.24, 2.45) is 0 Å². The summed E-state index contributed by atoms with van der Waals surface area (Å²) in [5.41, 5.74) is 1.23. The van der Waals surface area contributed by atoms with Crippen molar-refractivity contribution in [3.8, 4) is 11.5 Å². The van der Waals surface area contributed by atoms with Crippen LogP contribution in [-0.4, -0.2) is 79.0 Å². The Morgan fingerprint density at radius 1 is 1.20 bits per heavy atom. The zero-order chi connectivity index (χ0) is 21.2. The molecular formula is C23H36N4O3. The molecule has 7 heteroatoms. The zero-order valence-corrected chi connectivity index (χ0v) is 18.6. The molecule has 1 atom stereocenters. The van der Waals surface area contributed by atoms with Crippen LogP contribution in [-0.2, 0) is 17.8 Å². The molecule has 1 unspecified atom stereocenters. The van der Waals surface area contributed by atoms with Gasteiger partial charge in [0.25, 0.3) is 0 Å². The summed E-state index contributed by atoms with van der Waals surface area (Å²) in [6.45, 7) is 8.73. The molecule has 1 aliphatic rings. The van der Waals surface area contributed by atoms with E-state index >= 15 is 0 Å². The van der Waals surface area contributed by atoms with Gasteiger partial charge in [-0.15, -0.1) is 0 Å². The number of nitrogens with zero attached hydrogens (tertiary/aromatic N) is 4. The number of aromatic nitrogens is 2. The summed E-state index contributed by atoms with van der Waals surface area (Å²) in [5.74, 6) is 1.60. The molecule has 7 nitrogen and oxygen atoms in total. The summed E-state index contributed by atoms with van der Waals surface area (Å²) in [6, 6.07) is 6.30. The molecule has 1 aromatic carbocycles. The molecule has 3 rings (SSSR count). The van der Waals surface area contributed by atoms with Crippen molar-refractivity contribution < 1.29 is 14.2 Å². The van der Waals surface area contributed by atoms with Crippen LogP contribution in [0.5, 0.6) is 11.5 Å². The predicted octanol–water partition coefficient (Wildman–Crippen LogP) is 2.90. The van der Waals surface area contributed by atoms with Crippen LogP contribution in [0.15, 0.2) is 36.9 Å². The van der Waals surface area contributed by atoms with Crippen LogP contribution in [0, 0.1) is 0 Å². The summed E-state index contributed by atoms with van der Waals surface area (Å²) in [6.07, 6.45) is 8.19. The highest BCUT2D eigenvalue weighted by molar-refractivity contribution is 5.43. The SMILES string of the molecule is CCOc1cc(CN(CCN(C)C)CC2CCCO2)ccc1OCCn1ccnc1. The highest BCUT2D eigenvalue weighted by Crippen LogP contribution is 2.29. The number of ether oxygens (including phenoxy) is 3. The van der Waals surface area contributed by atoms with Gasteiger partial charge in [0.2, 0.25) is 0 Å². The van der Waals surface area contributed by atoms with Gasteiger partial charge >= 0.3 is 0 Å². The number of hydrogen-bond donors (Lipinski definition) is 0. The van der Waals surface area contributed by atoms with Gasteiger partial charge in [0.15, 0.2) is 11.5 Å². The Bertz CT molecular complexity index is 730. The topological polar surface area (TPSA) is 52.0 Å². The van der Waals surface area contributed by atoms with Gasteiger partial charge in [-0.25, -0.2) is 4.98 Å². The van der Waals surface area contributed by atoms with Gasteiger partial charge in [0, 0.05) is 45.2 Å². The molecule has 2 aromatic rings. The lowest BCUT2D eigenvalue weighted by molar-refractivity contribution is 0.0682. The van der Waals surface area contributed by atoms with Crippen molar-refractivity contribution in [1.82, 2.24) is 19.4 Å². The number of rotatable bonds is 13. The van der Waals surface area contributed by atoms with Crippen LogP contribution < -0.4 is 9.47 Å². The summed E-state index contributed by atoms with van der Waals surface area (Å²) in [4.78, 5) is 8.78. The van der Waals surface area contributed by atoms with Crippen LogP contribution in [0.25, 0.3) is 0 Å². The van der Waals surface area contributed by atoms with Gasteiger partial charge in [-0.05, 0) is 51.6 Å². The molecule has 0 N–H and O–H groups in total. The van der Waals surface area contributed by atoms with Crippen molar-refractivity contribution in [3.63, 3.8) is 0 Å². The average molecular weight is 417 g/mol. The Labute approximate surface area is 180 Å². The smallest absolute Gasteiger partial charge is 0.161 e. The van der Waals surface area contributed by atoms with E-state index in [4.69, 9.17) is 14.2 Å². The third-order valence-corrected chi connectivity index (χ3v) is 5.23. The Morgan fingerprint density at radius 2 is 2.10 bits per heavy atom. The van der Waals surface area contributed by atoms with Crippen LogP contribution in [0.3, 0.4) is 0 Å². The molecule has 0 amide bonds. The predicted molar refractivity (Wildman–Crippen MR) is 118 cm³/mol. The van der Waals surface area contributed by atoms with E-state index < -0.39 is 0 Å². The minimum Gasteiger partial charge on any atom is -0.490 e. The Hall–Kier alpha value is -2.09. The minimum absolute atomic E-state index is 0.351. The molecule has 30 heavy (non-hydrogen) atoms. The van der Waals surface area contributed by atoms with Gasteiger partial charge in [0.1, 0.15) is 6.61 Å². The highest BCUT2D eigenvalue weighted by atomic mass is 16.5. The second-order valence-electron chi connectivity index (χ2n) is 8.04. The second kappa shape index (κ2) is 11.9. The van der Waals surface area contributed by atoms with Crippen molar-refractivity contribution >= 4 is 0 Å². The van der Waals surface area contributed by atoms with Gasteiger partial charge in [0.05, 0.1) is 25.6 Å². The molecule has 166 valence electrons. The lowest BCUT2D eigenvalue weighted by Crippen LogP contribution is -2.36. The number of likely N-dealkylation sites (N-methyl/N-ethyl adjacent to an activating group) is 1. The Balaban J connectivity index is 1.62. The fraction of sp³-hybridized carbons (Fsp3) is 0.609. The van der Waals surface area contributed by atoms with E-state index in [2.05, 4.69) is 41.0 Å². The van der Waals surface area contributed by atoms with Crippen molar-refractivity contribution in [2.75, 3.05) is 53.6 Å². The first kappa shape index (κ1) is 22.6. The maximum atomic E-state index is 6.00. The maximum absolute atomic E-state index is 6.00. The van der Waals surface area contributed by atoms with Crippen molar-refractivity contribution in [1.29, 1.82) is 0 Å². The molecule has 2 heterocycles. The Kier molecular flexibility index (Phi) is 8.99. The quantitative estimate of drug-likeness (QED) is 0.501. The van der Waals surface area contributed by atoms with Crippen molar-refractivity contribution in [3.05, 3.63) is 42.5 Å². The van der Waals surface area contributed by atoms with E-state index in [-0.39, 0.29) is 0 Å². The number of hydrogen-bond acceptors (Lipinski definition) is 6. The molecule has 0 saturated carbocycles. The highest BCUT2D eigenvalue weighted by Gasteiger charge is 2.20. The molecule has 1 fully saturated rings. The molecule has 1 aliphatic heterocycles. The average Bonchev–Trinajstić information content (AvgIpc) is 3.42. The first-order valence-electron chi connectivity index (χ1n) is 11.0. The van der Waals surface area contributed by atoms with Gasteiger partial charge < -0.3 is 23.7 Å².